The molecule has 0 unspecified atom stereocenters. The maximum absolute atomic E-state index is 10.5. The highest BCUT2D eigenvalue weighted by atomic mass is 16.6. The number of hydrogen-bond acceptors (Lipinski definition) is 4. The number of nitrogens with zero attached hydrogens (tertiary/aromatic N) is 4. The van der Waals surface area contributed by atoms with Crippen LogP contribution in [0.2, 0.25) is 0 Å². The summed E-state index contributed by atoms with van der Waals surface area (Å²) in [5.41, 5.74) is 2.54. The van der Waals surface area contributed by atoms with Gasteiger partial charge in [-0.05, 0) is 35.1 Å². The molecule has 1 aromatic carbocycles. The standard InChI is InChI=1S/C12H10N4O2/c1-9-6-10(7-13)2-3-11(9)8-15-5-4-12(14-15)16(17)18/h2-6H,8H2,1H3. The van der Waals surface area contributed by atoms with Crippen molar-refractivity contribution >= 4 is 5.82 Å². The SMILES string of the molecule is Cc1cc(C#N)ccc1Cn1ccc([N+](=O)[O-])n1. The van der Waals surface area contributed by atoms with Gasteiger partial charge in [0.2, 0.25) is 0 Å². The van der Waals surface area contributed by atoms with Crippen molar-refractivity contribution in [2.24, 2.45) is 0 Å². The summed E-state index contributed by atoms with van der Waals surface area (Å²) in [5.74, 6) is -0.165. The third kappa shape index (κ3) is 2.35. The smallest absolute Gasteiger partial charge is 0.358 e. The molecule has 0 spiro atoms. The lowest BCUT2D eigenvalue weighted by atomic mass is 10.1. The first-order chi connectivity index (χ1) is 8.60. The molecule has 2 aromatic rings. The van der Waals surface area contributed by atoms with E-state index in [4.69, 9.17) is 5.26 Å². The average Bonchev–Trinajstić information content (AvgIpc) is 2.80. The molecular formula is C12H10N4O2. The zero-order valence-electron chi connectivity index (χ0n) is 9.70. The molecule has 0 N–H and O–H groups in total. The normalized spacial score (nSPS) is 10.0. The topological polar surface area (TPSA) is 84.8 Å². The largest absolute Gasteiger partial charge is 0.389 e. The highest BCUT2D eigenvalue weighted by Crippen LogP contribution is 2.13. The molecule has 0 fully saturated rings. The monoisotopic (exact) mass is 242 g/mol. The first-order valence-electron chi connectivity index (χ1n) is 5.27. The lowest BCUT2D eigenvalue weighted by Gasteiger charge is -2.03. The summed E-state index contributed by atoms with van der Waals surface area (Å²) in [7, 11) is 0. The molecule has 0 saturated carbocycles. The van der Waals surface area contributed by atoms with Crippen LogP contribution in [-0.2, 0) is 6.54 Å². The Labute approximate surface area is 103 Å². The zero-order valence-corrected chi connectivity index (χ0v) is 9.70. The molecule has 0 atom stereocenters. The number of aryl methyl sites for hydroxylation is 1. The fraction of sp³-hybridized carbons (Fsp3) is 0.167. The van der Waals surface area contributed by atoms with Gasteiger partial charge < -0.3 is 10.1 Å². The molecule has 2 rings (SSSR count). The van der Waals surface area contributed by atoms with Gasteiger partial charge in [-0.15, -0.1) is 0 Å². The summed E-state index contributed by atoms with van der Waals surface area (Å²) in [6, 6.07) is 8.77. The number of nitro groups is 1. The van der Waals surface area contributed by atoms with Crippen LogP contribution in [0.4, 0.5) is 5.82 Å². The van der Waals surface area contributed by atoms with Crippen LogP contribution in [0.25, 0.3) is 0 Å². The van der Waals surface area contributed by atoms with Crippen molar-refractivity contribution in [2.45, 2.75) is 13.5 Å². The van der Waals surface area contributed by atoms with Crippen molar-refractivity contribution in [2.75, 3.05) is 0 Å². The molecule has 0 amide bonds. The Morgan fingerprint density at radius 1 is 1.50 bits per heavy atom. The summed E-state index contributed by atoms with van der Waals surface area (Å²) >= 11 is 0. The van der Waals surface area contributed by atoms with Crippen molar-refractivity contribution < 1.29 is 4.92 Å². The van der Waals surface area contributed by atoms with E-state index < -0.39 is 4.92 Å². The molecule has 6 heteroatoms. The molecule has 0 aliphatic carbocycles. The van der Waals surface area contributed by atoms with Crippen molar-refractivity contribution in [1.29, 1.82) is 5.26 Å². The molecule has 0 aliphatic heterocycles. The predicted molar refractivity (Wildman–Crippen MR) is 63.9 cm³/mol. The van der Waals surface area contributed by atoms with Gasteiger partial charge in [0.15, 0.2) is 0 Å². The molecule has 1 heterocycles. The quantitative estimate of drug-likeness (QED) is 0.608. The van der Waals surface area contributed by atoms with Gasteiger partial charge in [0.25, 0.3) is 0 Å². The minimum atomic E-state index is -0.526. The van der Waals surface area contributed by atoms with E-state index in [9.17, 15) is 10.1 Å². The van der Waals surface area contributed by atoms with Crippen LogP contribution in [0.5, 0.6) is 0 Å². The van der Waals surface area contributed by atoms with E-state index >= 15 is 0 Å². The van der Waals surface area contributed by atoms with Crippen LogP contribution in [0.15, 0.2) is 30.5 Å². The van der Waals surface area contributed by atoms with Gasteiger partial charge in [0, 0.05) is 0 Å². The summed E-state index contributed by atoms with van der Waals surface area (Å²) in [4.78, 5) is 9.99. The van der Waals surface area contributed by atoms with E-state index in [1.165, 1.54) is 10.7 Å². The lowest BCUT2D eigenvalue weighted by molar-refractivity contribution is -0.389. The van der Waals surface area contributed by atoms with Crippen LogP contribution < -0.4 is 0 Å². The molecule has 0 bridgehead atoms. The second-order valence-electron chi connectivity index (χ2n) is 3.88. The number of benzene rings is 1. The van der Waals surface area contributed by atoms with Crippen molar-refractivity contribution in [3.8, 4) is 6.07 Å². The first-order valence-corrected chi connectivity index (χ1v) is 5.27. The summed E-state index contributed by atoms with van der Waals surface area (Å²) < 4.78 is 1.51. The van der Waals surface area contributed by atoms with Crippen LogP contribution in [0.1, 0.15) is 16.7 Å². The minimum absolute atomic E-state index is 0.165. The highest BCUT2D eigenvalue weighted by Gasteiger charge is 2.11. The summed E-state index contributed by atoms with van der Waals surface area (Å²) in [6.07, 6.45) is 1.57. The van der Waals surface area contributed by atoms with Crippen molar-refractivity contribution in [1.82, 2.24) is 9.78 Å². The van der Waals surface area contributed by atoms with Gasteiger partial charge in [-0.25, -0.2) is 0 Å². The van der Waals surface area contributed by atoms with E-state index in [1.807, 2.05) is 13.0 Å². The maximum atomic E-state index is 10.5. The van der Waals surface area contributed by atoms with Gasteiger partial charge in [-0.1, -0.05) is 6.07 Å². The predicted octanol–water partition coefficient (Wildman–Crippen LogP) is 2.02. The molecule has 0 radical (unpaired) electrons. The highest BCUT2D eigenvalue weighted by molar-refractivity contribution is 5.37. The zero-order chi connectivity index (χ0) is 13.1. The number of aromatic nitrogens is 2. The second kappa shape index (κ2) is 4.67. The Kier molecular flexibility index (Phi) is 3.06. The molecular weight excluding hydrogens is 232 g/mol. The van der Waals surface area contributed by atoms with Gasteiger partial charge in [-0.2, -0.15) is 9.94 Å². The second-order valence-corrected chi connectivity index (χ2v) is 3.88. The molecule has 90 valence electrons. The molecule has 0 aliphatic rings. The first kappa shape index (κ1) is 11.8. The van der Waals surface area contributed by atoms with Gasteiger partial charge >= 0.3 is 5.82 Å². The number of nitriles is 1. The van der Waals surface area contributed by atoms with Crippen LogP contribution in [-0.4, -0.2) is 14.7 Å². The fourth-order valence-electron chi connectivity index (χ4n) is 1.65. The number of rotatable bonds is 3. The Hall–Kier alpha value is -2.68. The third-order valence-electron chi connectivity index (χ3n) is 2.62. The van der Waals surface area contributed by atoms with E-state index in [1.54, 1.807) is 18.3 Å². The maximum Gasteiger partial charge on any atom is 0.389 e. The fourth-order valence-corrected chi connectivity index (χ4v) is 1.65. The summed E-state index contributed by atoms with van der Waals surface area (Å²) in [6.45, 7) is 2.35. The minimum Gasteiger partial charge on any atom is -0.358 e. The van der Waals surface area contributed by atoms with Crippen LogP contribution in [0, 0.1) is 28.4 Å². The van der Waals surface area contributed by atoms with Crippen LogP contribution in [0.3, 0.4) is 0 Å². The van der Waals surface area contributed by atoms with Gasteiger partial charge in [0.1, 0.15) is 0 Å². The van der Waals surface area contributed by atoms with Gasteiger partial charge in [-0.3, -0.25) is 0 Å². The lowest BCUT2D eigenvalue weighted by Crippen LogP contribution is -2.03. The Bertz CT molecular complexity index is 640. The summed E-state index contributed by atoms with van der Waals surface area (Å²) in [5, 5.41) is 23.1. The van der Waals surface area contributed by atoms with E-state index in [-0.39, 0.29) is 5.82 Å². The Morgan fingerprint density at radius 3 is 2.83 bits per heavy atom. The average molecular weight is 242 g/mol. The molecule has 0 saturated heterocycles. The molecule has 6 nitrogen and oxygen atoms in total. The number of hydrogen-bond donors (Lipinski definition) is 0. The Balaban J connectivity index is 2.23. The van der Waals surface area contributed by atoms with Crippen LogP contribution >= 0.6 is 0 Å². The molecule has 1 aromatic heterocycles. The van der Waals surface area contributed by atoms with E-state index in [0.717, 1.165) is 11.1 Å². The van der Waals surface area contributed by atoms with Crippen molar-refractivity contribution in [3.63, 3.8) is 0 Å². The van der Waals surface area contributed by atoms with E-state index in [2.05, 4.69) is 11.2 Å². The molecule has 18 heavy (non-hydrogen) atoms. The van der Waals surface area contributed by atoms with Gasteiger partial charge in [0.05, 0.1) is 35.5 Å². The third-order valence-corrected chi connectivity index (χ3v) is 2.62. The Morgan fingerprint density at radius 2 is 2.28 bits per heavy atom. The van der Waals surface area contributed by atoms with Crippen molar-refractivity contribution in [3.05, 3.63) is 57.3 Å². The van der Waals surface area contributed by atoms with E-state index in [0.29, 0.717) is 12.1 Å².